The van der Waals surface area contributed by atoms with E-state index < -0.39 is 48.8 Å². The fourth-order valence-corrected chi connectivity index (χ4v) is 6.90. The van der Waals surface area contributed by atoms with Crippen molar-refractivity contribution < 1.29 is 45.8 Å². The Balaban J connectivity index is 1.53. The number of nitrogens with one attached hydrogen (secondary N) is 3. The quantitative estimate of drug-likeness (QED) is 0.0915. The van der Waals surface area contributed by atoms with Crippen LogP contribution in [0.15, 0.2) is 36.4 Å². The fraction of sp³-hybridized carbons (Fsp3) is 0.457. The van der Waals surface area contributed by atoms with E-state index in [9.17, 15) is 36.3 Å². The Labute approximate surface area is 296 Å². The molecule has 1 fully saturated rings. The number of nitrogens with zero attached hydrogens (tertiary/aromatic N) is 1. The number of esters is 1. The second kappa shape index (κ2) is 17.5. The van der Waals surface area contributed by atoms with E-state index in [-0.39, 0.29) is 47.1 Å². The molecule has 51 heavy (non-hydrogen) atoms. The number of fused-ring (bicyclic) bond motifs is 1. The van der Waals surface area contributed by atoms with Crippen molar-refractivity contribution in [2.75, 3.05) is 37.4 Å². The van der Waals surface area contributed by atoms with E-state index in [1.807, 2.05) is 6.07 Å². The molecule has 2 heterocycles. The summed E-state index contributed by atoms with van der Waals surface area (Å²) in [5.74, 6) is 2.82. The Morgan fingerprint density at radius 2 is 1.82 bits per heavy atom. The fourth-order valence-electron chi connectivity index (χ4n) is 5.73. The first-order valence-electron chi connectivity index (χ1n) is 16.3. The predicted octanol–water partition coefficient (Wildman–Crippen LogP) is 5.89. The minimum Gasteiger partial charge on any atom is -0.467 e. The zero-order valence-corrected chi connectivity index (χ0v) is 29.1. The lowest BCUT2D eigenvalue weighted by Crippen LogP contribution is -2.42. The van der Waals surface area contributed by atoms with Crippen molar-refractivity contribution in [2.24, 2.45) is 5.73 Å². The molecule has 1 aliphatic rings. The molecule has 3 aromatic rings. The molecule has 1 atom stereocenters. The molecule has 16 heteroatoms. The highest BCUT2D eigenvalue weighted by Gasteiger charge is 2.31. The van der Waals surface area contributed by atoms with Crippen LogP contribution in [0.25, 0.3) is 10.1 Å². The zero-order chi connectivity index (χ0) is 37.3. The molecule has 1 saturated heterocycles. The summed E-state index contributed by atoms with van der Waals surface area (Å²) in [6.07, 6.45) is -4.21. The van der Waals surface area contributed by atoms with Crippen molar-refractivity contribution in [1.82, 2.24) is 10.2 Å². The third kappa shape index (κ3) is 11.2. The SMILES string of the molecule is COC(=O)C(CCC(N)=O)NC(=O)c1ccc(NCC#Cc2sc3c(NC4CCN(C(C)C)CC4)cccc3c2CC(F)(F)F)c(OC(F)F)c1. The number of carbonyl (C=O) groups is 3. The number of primary amides is 1. The van der Waals surface area contributed by atoms with Crippen LogP contribution in [-0.4, -0.2) is 80.3 Å². The molecule has 1 aliphatic heterocycles. The molecule has 276 valence electrons. The van der Waals surface area contributed by atoms with Gasteiger partial charge in [-0.1, -0.05) is 24.0 Å². The topological polar surface area (TPSA) is 135 Å². The maximum absolute atomic E-state index is 13.7. The number of carbonyl (C=O) groups excluding carboxylic acids is 3. The maximum atomic E-state index is 13.7. The smallest absolute Gasteiger partial charge is 0.393 e. The number of nitrogens with two attached hydrogens (primary N) is 1. The summed E-state index contributed by atoms with van der Waals surface area (Å²) in [5, 5.41) is 9.19. The van der Waals surface area contributed by atoms with E-state index in [1.165, 1.54) is 12.1 Å². The van der Waals surface area contributed by atoms with Gasteiger partial charge in [0, 0.05) is 37.2 Å². The van der Waals surface area contributed by atoms with Crippen molar-refractivity contribution in [1.29, 1.82) is 0 Å². The average Bonchev–Trinajstić information content (AvgIpc) is 3.41. The molecule has 0 radical (unpaired) electrons. The largest absolute Gasteiger partial charge is 0.467 e. The Kier molecular flexibility index (Phi) is 13.5. The molecule has 0 bridgehead atoms. The number of piperidine rings is 1. The van der Waals surface area contributed by atoms with Crippen LogP contribution in [0.4, 0.5) is 33.3 Å². The summed E-state index contributed by atoms with van der Waals surface area (Å²) in [4.78, 5) is 38.7. The van der Waals surface area contributed by atoms with Gasteiger partial charge < -0.3 is 36.1 Å². The van der Waals surface area contributed by atoms with Crippen LogP contribution in [-0.2, 0) is 20.7 Å². The molecule has 2 amide bonds. The standard InChI is InChI=1S/C35H40F5N5O5S/c1-20(2)45-16-13-22(14-17-45)43-26-7-4-6-23-24(19-35(38,39)40)29(51-31(23)26)8-5-15-42-25-10-9-21(18-28(25)50-34(36)37)32(47)44-27(33(48)49-3)11-12-30(41)46/h4,6-7,9-10,18,20,22,27,34,42-43H,11-17,19H2,1-3H3,(H2,41,46)(H,44,47). The van der Waals surface area contributed by atoms with Crippen LogP contribution in [0.3, 0.4) is 0 Å². The summed E-state index contributed by atoms with van der Waals surface area (Å²) < 4.78 is 77.7. The number of alkyl halides is 5. The molecule has 4 rings (SSSR count). The van der Waals surface area contributed by atoms with Gasteiger partial charge in [-0.3, -0.25) is 9.59 Å². The summed E-state index contributed by atoms with van der Waals surface area (Å²) >= 11 is 1.16. The van der Waals surface area contributed by atoms with Gasteiger partial charge in [0.1, 0.15) is 11.8 Å². The van der Waals surface area contributed by atoms with Crippen molar-refractivity contribution in [3.05, 3.63) is 52.4 Å². The van der Waals surface area contributed by atoms with Crippen molar-refractivity contribution >= 4 is 50.6 Å². The number of methoxy groups -OCH3 is 1. The van der Waals surface area contributed by atoms with Gasteiger partial charge in [-0.15, -0.1) is 11.3 Å². The van der Waals surface area contributed by atoms with Crippen LogP contribution in [0.1, 0.15) is 60.3 Å². The molecule has 5 N–H and O–H groups in total. The lowest BCUT2D eigenvalue weighted by Gasteiger charge is -2.35. The maximum Gasteiger partial charge on any atom is 0.393 e. The number of amides is 2. The van der Waals surface area contributed by atoms with E-state index >= 15 is 0 Å². The number of halogens is 5. The highest BCUT2D eigenvalue weighted by Crippen LogP contribution is 2.39. The molecule has 0 saturated carbocycles. The Morgan fingerprint density at radius 3 is 2.45 bits per heavy atom. The summed E-state index contributed by atoms with van der Waals surface area (Å²) in [6, 6.07) is 8.20. The minimum atomic E-state index is -4.48. The van der Waals surface area contributed by atoms with Gasteiger partial charge in [-0.25, -0.2) is 4.79 Å². The zero-order valence-electron chi connectivity index (χ0n) is 28.3. The van der Waals surface area contributed by atoms with Gasteiger partial charge in [0.25, 0.3) is 5.91 Å². The summed E-state index contributed by atoms with van der Waals surface area (Å²) in [5.41, 5.74) is 5.82. The van der Waals surface area contributed by atoms with Gasteiger partial charge in [0.05, 0.1) is 41.0 Å². The minimum absolute atomic E-state index is 0.0289. The second-order valence-electron chi connectivity index (χ2n) is 12.2. The van der Waals surface area contributed by atoms with Crippen LogP contribution in [0, 0.1) is 11.8 Å². The highest BCUT2D eigenvalue weighted by atomic mass is 32.1. The molecular formula is C35H40F5N5O5S. The van der Waals surface area contributed by atoms with Crippen LogP contribution in [0.5, 0.6) is 5.75 Å². The molecule has 10 nitrogen and oxygen atoms in total. The number of likely N-dealkylation sites (tertiary alicyclic amines) is 1. The summed E-state index contributed by atoms with van der Waals surface area (Å²) in [7, 11) is 1.09. The number of hydrogen-bond donors (Lipinski definition) is 4. The van der Waals surface area contributed by atoms with Gasteiger partial charge in [-0.2, -0.15) is 22.0 Å². The number of ether oxygens (including phenoxy) is 2. The van der Waals surface area contributed by atoms with E-state index in [1.54, 1.807) is 12.1 Å². The average molecular weight is 738 g/mol. The molecular weight excluding hydrogens is 697 g/mol. The Morgan fingerprint density at radius 1 is 1.10 bits per heavy atom. The predicted molar refractivity (Wildman–Crippen MR) is 185 cm³/mol. The van der Waals surface area contributed by atoms with Gasteiger partial charge in [0.2, 0.25) is 5.91 Å². The molecule has 1 unspecified atom stereocenters. The molecule has 0 spiro atoms. The lowest BCUT2D eigenvalue weighted by atomic mass is 10.0. The first-order chi connectivity index (χ1) is 24.1. The van der Waals surface area contributed by atoms with Gasteiger partial charge in [0.15, 0.2) is 0 Å². The number of benzene rings is 2. The van der Waals surface area contributed by atoms with E-state index in [4.69, 9.17) is 5.73 Å². The van der Waals surface area contributed by atoms with Crippen LogP contribution < -0.4 is 26.4 Å². The number of anilines is 2. The van der Waals surface area contributed by atoms with E-state index in [0.29, 0.717) is 16.1 Å². The first kappa shape index (κ1) is 39.2. The Hall–Kier alpha value is -4.62. The highest BCUT2D eigenvalue weighted by molar-refractivity contribution is 7.20. The third-order valence-corrected chi connectivity index (χ3v) is 9.51. The van der Waals surface area contributed by atoms with E-state index in [2.05, 4.69) is 56.0 Å². The van der Waals surface area contributed by atoms with Crippen LogP contribution >= 0.6 is 11.3 Å². The Bertz CT molecular complexity index is 1760. The monoisotopic (exact) mass is 737 g/mol. The third-order valence-electron chi connectivity index (χ3n) is 8.31. The van der Waals surface area contributed by atoms with Gasteiger partial charge >= 0.3 is 18.8 Å². The van der Waals surface area contributed by atoms with Crippen LogP contribution in [0.2, 0.25) is 0 Å². The molecule has 1 aromatic heterocycles. The van der Waals surface area contributed by atoms with Crippen molar-refractivity contribution in [2.45, 2.75) is 76.9 Å². The normalized spacial score (nSPS) is 14.5. The molecule has 0 aliphatic carbocycles. The number of rotatable bonds is 14. The number of thiophene rings is 1. The van der Waals surface area contributed by atoms with Crippen molar-refractivity contribution in [3.63, 3.8) is 0 Å². The van der Waals surface area contributed by atoms with Crippen molar-refractivity contribution in [3.8, 4) is 17.6 Å². The second-order valence-corrected chi connectivity index (χ2v) is 13.3. The lowest BCUT2D eigenvalue weighted by molar-refractivity contribution is -0.143. The van der Waals surface area contributed by atoms with Gasteiger partial charge in [-0.05, 0) is 68.3 Å². The number of hydrogen-bond acceptors (Lipinski definition) is 9. The summed E-state index contributed by atoms with van der Waals surface area (Å²) in [6.45, 7) is 2.72. The molecule has 2 aromatic carbocycles. The van der Waals surface area contributed by atoms with E-state index in [0.717, 1.165) is 56.1 Å². The first-order valence-corrected chi connectivity index (χ1v) is 17.1.